The molecule has 1 aromatic carbocycles. The summed E-state index contributed by atoms with van der Waals surface area (Å²) in [5.41, 5.74) is -0.337. The summed E-state index contributed by atoms with van der Waals surface area (Å²) in [4.78, 5) is 7.79. The molecule has 0 spiro atoms. The summed E-state index contributed by atoms with van der Waals surface area (Å²) in [6, 6.07) is 1.44. The van der Waals surface area contributed by atoms with E-state index in [1.165, 1.54) is 0 Å². The fourth-order valence-corrected chi connectivity index (χ4v) is 1.41. The maximum absolute atomic E-state index is 12.1. The highest BCUT2D eigenvalue weighted by Gasteiger charge is 2.65. The van der Waals surface area contributed by atoms with Gasteiger partial charge in [0.25, 0.3) is 0 Å². The number of nitroso groups, excluding NO2 is 1. The molecule has 0 N–H and O–H groups in total. The van der Waals surface area contributed by atoms with Crippen molar-refractivity contribution in [3.63, 3.8) is 0 Å². The molecule has 14 heavy (non-hydrogen) atoms. The van der Waals surface area contributed by atoms with Crippen LogP contribution in [0, 0.1) is 4.91 Å². The summed E-state index contributed by atoms with van der Waals surface area (Å²) in [6.07, 6.45) is 0. The van der Waals surface area contributed by atoms with Crippen molar-refractivity contribution in [2.24, 2.45) is 5.18 Å². The summed E-state index contributed by atoms with van der Waals surface area (Å²) in [7, 11) is -9.61. The van der Waals surface area contributed by atoms with Gasteiger partial charge in [-0.1, -0.05) is 19.4 Å². The zero-order valence-electron chi connectivity index (χ0n) is 6.46. The lowest BCUT2D eigenvalue weighted by atomic mass is 10.3. The van der Waals surface area contributed by atoms with Gasteiger partial charge in [-0.25, -0.2) is 0 Å². The molecule has 0 saturated heterocycles. The first-order valence-corrected chi connectivity index (χ1v) is 5.15. The largest absolute Gasteiger partial charge is 0.310 e. The van der Waals surface area contributed by atoms with Gasteiger partial charge in [-0.2, -0.15) is 0 Å². The van der Waals surface area contributed by atoms with E-state index in [9.17, 15) is 24.3 Å². The van der Waals surface area contributed by atoms with Crippen molar-refractivity contribution in [3.05, 3.63) is 29.2 Å². The van der Waals surface area contributed by atoms with Crippen molar-refractivity contribution < 1.29 is 19.4 Å². The lowest BCUT2D eigenvalue weighted by Gasteiger charge is -2.40. The Morgan fingerprint density at radius 2 is 1.36 bits per heavy atom. The Kier molecular flexibility index (Phi) is 1.75. The van der Waals surface area contributed by atoms with Gasteiger partial charge in [0.15, 0.2) is 0 Å². The molecule has 0 fully saturated rings. The predicted molar refractivity (Wildman–Crippen MR) is 43.3 cm³/mol. The van der Waals surface area contributed by atoms with Crippen LogP contribution in [0.4, 0.5) is 25.1 Å². The van der Waals surface area contributed by atoms with Gasteiger partial charge in [0, 0.05) is 0 Å². The van der Waals surface area contributed by atoms with E-state index in [1.54, 1.807) is 0 Å². The summed E-state index contributed by atoms with van der Waals surface area (Å²) < 4.78 is 60.4. The maximum Gasteiger partial charge on any atom is 0.310 e. The molecule has 0 aromatic heterocycles. The van der Waals surface area contributed by atoms with Crippen molar-refractivity contribution in [3.8, 4) is 0 Å². The van der Waals surface area contributed by atoms with Crippen LogP contribution in [-0.2, 0) is 0 Å². The molecule has 1 rings (SSSR count). The highest BCUT2D eigenvalue weighted by molar-refractivity contribution is 8.45. The molecule has 8 heteroatoms. The average Bonchev–Trinajstić information content (AvgIpc) is 2.01. The van der Waals surface area contributed by atoms with Crippen LogP contribution in [0.25, 0.3) is 0 Å². The third-order valence-corrected chi connectivity index (χ3v) is 2.55. The normalized spacial score (nSPS) is 16.9. The van der Waals surface area contributed by atoms with E-state index in [0.29, 0.717) is 12.1 Å². The monoisotopic (exact) mass is 233 g/mol. The van der Waals surface area contributed by atoms with Crippen molar-refractivity contribution in [2.45, 2.75) is 4.90 Å². The van der Waals surface area contributed by atoms with Crippen molar-refractivity contribution >= 4 is 15.9 Å². The number of hydrogen-bond donors (Lipinski definition) is 0. The molecular formula is C6H4F5NOS. The average molecular weight is 233 g/mol. The number of rotatable bonds is 2. The molecule has 80 valence electrons. The van der Waals surface area contributed by atoms with E-state index < -0.39 is 15.1 Å². The van der Waals surface area contributed by atoms with Crippen molar-refractivity contribution in [2.75, 3.05) is 0 Å². The van der Waals surface area contributed by atoms with Crippen LogP contribution >= 0.6 is 10.2 Å². The minimum atomic E-state index is -9.61. The quantitative estimate of drug-likeness (QED) is 0.535. The zero-order chi connectivity index (χ0) is 11.1. The number of benzene rings is 1. The molecule has 0 aliphatic carbocycles. The minimum Gasteiger partial charge on any atom is -0.145 e. The first-order valence-electron chi connectivity index (χ1n) is 3.20. The Morgan fingerprint density at radius 3 is 1.64 bits per heavy atom. The second kappa shape index (κ2) is 2.25. The van der Waals surface area contributed by atoms with Crippen molar-refractivity contribution in [1.82, 2.24) is 0 Å². The lowest BCUT2D eigenvalue weighted by Crippen LogP contribution is -2.05. The van der Waals surface area contributed by atoms with E-state index in [1.807, 2.05) is 0 Å². The van der Waals surface area contributed by atoms with Gasteiger partial charge in [0.1, 0.15) is 10.6 Å². The van der Waals surface area contributed by atoms with E-state index in [0.717, 1.165) is 0 Å². The number of halogens is 5. The molecular weight excluding hydrogens is 229 g/mol. The van der Waals surface area contributed by atoms with Crippen LogP contribution < -0.4 is 0 Å². The third kappa shape index (κ3) is 2.41. The smallest absolute Gasteiger partial charge is 0.145 e. The summed E-state index contributed by atoms with van der Waals surface area (Å²) in [5.74, 6) is 0. The van der Waals surface area contributed by atoms with Crippen LogP contribution in [0.15, 0.2) is 34.3 Å². The van der Waals surface area contributed by atoms with E-state index in [4.69, 9.17) is 0 Å². The molecule has 0 radical (unpaired) electrons. The van der Waals surface area contributed by atoms with E-state index >= 15 is 0 Å². The molecule has 0 aliphatic rings. The Labute approximate surface area is 75.4 Å². The Bertz CT molecular complexity index is 368. The zero-order valence-corrected chi connectivity index (χ0v) is 7.28. The van der Waals surface area contributed by atoms with Crippen molar-refractivity contribution in [1.29, 1.82) is 0 Å². The second-order valence-corrected chi connectivity index (χ2v) is 4.96. The molecule has 0 amide bonds. The molecule has 0 atom stereocenters. The SMILES string of the molecule is O=Nc1ccc(S(F)(F)(F)(F)F)cc1. The van der Waals surface area contributed by atoms with Crippen LogP contribution in [-0.4, -0.2) is 0 Å². The highest BCUT2D eigenvalue weighted by atomic mass is 32.5. The third-order valence-electron chi connectivity index (χ3n) is 1.39. The van der Waals surface area contributed by atoms with Crippen LogP contribution in [0.5, 0.6) is 0 Å². The summed E-state index contributed by atoms with van der Waals surface area (Å²) in [6.45, 7) is 0. The van der Waals surface area contributed by atoms with Crippen LogP contribution in [0.3, 0.4) is 0 Å². The fourth-order valence-electron chi connectivity index (χ4n) is 0.764. The fraction of sp³-hybridized carbons (Fsp3) is 0. The second-order valence-electron chi connectivity index (χ2n) is 2.55. The molecule has 0 bridgehead atoms. The maximum atomic E-state index is 12.1. The van der Waals surface area contributed by atoms with Crippen LogP contribution in [0.1, 0.15) is 0 Å². The van der Waals surface area contributed by atoms with Gasteiger partial charge in [0.05, 0.1) is 0 Å². The van der Waals surface area contributed by atoms with Gasteiger partial charge < -0.3 is 0 Å². The highest BCUT2D eigenvalue weighted by Crippen LogP contribution is 3.02. The Morgan fingerprint density at radius 1 is 0.929 bits per heavy atom. The first kappa shape index (κ1) is 10.9. The van der Waals surface area contributed by atoms with E-state index in [2.05, 4.69) is 5.18 Å². The number of nitrogens with zero attached hydrogens (tertiary/aromatic N) is 1. The molecule has 0 saturated carbocycles. The Hall–Kier alpha value is -1.18. The summed E-state index contributed by atoms with van der Waals surface area (Å²) in [5, 5.41) is 2.29. The van der Waals surface area contributed by atoms with Gasteiger partial charge in [-0.05, 0) is 29.4 Å². The van der Waals surface area contributed by atoms with Gasteiger partial charge in [-0.15, -0.1) is 4.91 Å². The van der Waals surface area contributed by atoms with Gasteiger partial charge >= 0.3 is 10.2 Å². The minimum absolute atomic E-state index is 0.137. The topological polar surface area (TPSA) is 29.4 Å². The standard InChI is InChI=1S/C6H4F5NOS/c7-14(8,9,10,11)6-3-1-5(12-13)2-4-6/h1-4H. The van der Waals surface area contributed by atoms with Crippen LogP contribution in [0.2, 0.25) is 0 Å². The number of hydrogen-bond acceptors (Lipinski definition) is 2. The lowest BCUT2D eigenvalue weighted by molar-refractivity contribution is 0.364. The Balaban J connectivity index is 3.31. The van der Waals surface area contributed by atoms with E-state index in [-0.39, 0.29) is 17.8 Å². The molecule has 2 nitrogen and oxygen atoms in total. The molecule has 0 aliphatic heterocycles. The molecule has 0 heterocycles. The first-order chi connectivity index (χ1) is 6.03. The van der Waals surface area contributed by atoms with Gasteiger partial charge in [-0.3, -0.25) is 0 Å². The molecule has 0 unspecified atom stereocenters. The molecule has 1 aromatic rings. The predicted octanol–water partition coefficient (Wildman–Crippen LogP) is 4.74. The van der Waals surface area contributed by atoms with Gasteiger partial charge in [0.2, 0.25) is 0 Å². The summed E-state index contributed by atoms with van der Waals surface area (Å²) >= 11 is 0.